The van der Waals surface area contributed by atoms with E-state index in [1.165, 1.54) is 0 Å². The van der Waals surface area contributed by atoms with Crippen LogP contribution in [0.2, 0.25) is 5.02 Å². The van der Waals surface area contributed by atoms with Gasteiger partial charge in [0.15, 0.2) is 0 Å². The number of hydrogen-bond acceptors (Lipinski definition) is 4. The van der Waals surface area contributed by atoms with Gasteiger partial charge in [-0.1, -0.05) is 35.9 Å². The van der Waals surface area contributed by atoms with E-state index in [-0.39, 0.29) is 6.10 Å². The molecule has 2 atom stereocenters. The van der Waals surface area contributed by atoms with Crippen molar-refractivity contribution in [3.8, 4) is 0 Å². The van der Waals surface area contributed by atoms with Crippen LogP contribution >= 0.6 is 19.3 Å². The van der Waals surface area contributed by atoms with E-state index in [2.05, 4.69) is 11.0 Å². The van der Waals surface area contributed by atoms with Crippen LogP contribution < -0.4 is 0 Å². The van der Waals surface area contributed by atoms with E-state index in [1.54, 1.807) is 4.34 Å². The zero-order valence-electron chi connectivity index (χ0n) is 17.0. The molecule has 1 fully saturated rings. The molecule has 0 amide bonds. The van der Waals surface area contributed by atoms with Crippen molar-refractivity contribution in [2.24, 2.45) is 0 Å². The molecule has 0 N–H and O–H groups in total. The molecule has 3 aromatic rings. The van der Waals surface area contributed by atoms with E-state index in [9.17, 15) is 4.57 Å². The molecule has 2 unspecified atom stereocenters. The van der Waals surface area contributed by atoms with Crippen LogP contribution in [0.25, 0.3) is 10.9 Å². The highest BCUT2D eigenvalue weighted by Crippen LogP contribution is 2.58. The molecule has 0 aliphatic carbocycles. The number of aryl methyl sites for hydroxylation is 1. The quantitative estimate of drug-likeness (QED) is 0.475. The van der Waals surface area contributed by atoms with Gasteiger partial charge in [0, 0.05) is 29.6 Å². The average molecular weight is 433 g/mol. The summed E-state index contributed by atoms with van der Waals surface area (Å²) in [5.74, 6) is 0. The van der Waals surface area contributed by atoms with E-state index in [0.29, 0.717) is 18.1 Å². The molecule has 4 rings (SSSR count). The van der Waals surface area contributed by atoms with Crippen LogP contribution in [-0.2, 0) is 20.0 Å². The second-order valence-corrected chi connectivity index (χ2v) is 10.1. The number of rotatable bonds is 5. The van der Waals surface area contributed by atoms with Crippen molar-refractivity contribution in [1.29, 1.82) is 0 Å². The van der Waals surface area contributed by atoms with Crippen LogP contribution in [0, 0.1) is 6.92 Å². The highest BCUT2D eigenvalue weighted by molar-refractivity contribution is 7.52. The third-order valence-corrected chi connectivity index (χ3v) is 7.31. The Balaban J connectivity index is 1.71. The second-order valence-electron chi connectivity index (χ2n) is 7.82. The fraction of sp³-hybridized carbons (Fsp3) is 0.364. The first kappa shape index (κ1) is 20.6. The minimum absolute atomic E-state index is 0.321. The Labute approximate surface area is 176 Å². The summed E-state index contributed by atoms with van der Waals surface area (Å²) in [6, 6.07) is 13.8. The van der Waals surface area contributed by atoms with Gasteiger partial charge in [0.05, 0.1) is 18.2 Å². The summed E-state index contributed by atoms with van der Waals surface area (Å²) in [6.07, 6.45) is 3.10. The highest BCUT2D eigenvalue weighted by atomic mass is 35.5. The monoisotopic (exact) mass is 432 g/mol. The number of hydrogen-bond donors (Lipinski definition) is 0. The summed E-state index contributed by atoms with van der Waals surface area (Å²) in [4.78, 5) is 2.14. The molecule has 1 aliphatic rings. The molecular formula is C22H26ClN2O3P. The third kappa shape index (κ3) is 4.30. The number of fused-ring (bicyclic) bond motifs is 1. The van der Waals surface area contributed by atoms with Gasteiger partial charge in [0.2, 0.25) is 0 Å². The van der Waals surface area contributed by atoms with E-state index < -0.39 is 7.75 Å². The number of benzene rings is 2. The summed E-state index contributed by atoms with van der Waals surface area (Å²) < 4.78 is 27.4. The second kappa shape index (κ2) is 8.25. The Morgan fingerprint density at radius 2 is 2.03 bits per heavy atom. The predicted molar refractivity (Wildman–Crippen MR) is 118 cm³/mol. The molecule has 7 heteroatoms. The molecule has 2 aromatic carbocycles. The van der Waals surface area contributed by atoms with Crippen molar-refractivity contribution in [3.63, 3.8) is 0 Å². The molecule has 0 spiro atoms. The Bertz CT molecular complexity index is 1060. The Morgan fingerprint density at radius 3 is 2.79 bits per heavy atom. The van der Waals surface area contributed by atoms with Crippen molar-refractivity contribution < 1.29 is 13.6 Å². The maximum atomic E-state index is 13.8. The molecule has 154 valence electrons. The summed E-state index contributed by atoms with van der Waals surface area (Å²) in [6.45, 7) is 3.27. The number of likely N-dealkylation sites (N-methyl/N-ethyl adjacent to an activating group) is 1. The van der Waals surface area contributed by atoms with Crippen molar-refractivity contribution in [2.45, 2.75) is 25.9 Å². The summed E-state index contributed by atoms with van der Waals surface area (Å²) in [5, 5.41) is 1.74. The van der Waals surface area contributed by atoms with Crippen LogP contribution in [0.1, 0.15) is 29.2 Å². The van der Waals surface area contributed by atoms with E-state index in [1.807, 2.05) is 63.6 Å². The lowest BCUT2D eigenvalue weighted by atomic mass is 10.0. The fourth-order valence-electron chi connectivity index (χ4n) is 3.79. The zero-order valence-corrected chi connectivity index (χ0v) is 18.6. The predicted octanol–water partition coefficient (Wildman–Crippen LogP) is 5.84. The lowest BCUT2D eigenvalue weighted by molar-refractivity contribution is 0.0771. The molecule has 1 saturated heterocycles. The molecule has 1 aliphatic heterocycles. The van der Waals surface area contributed by atoms with Gasteiger partial charge >= 0.3 is 7.75 Å². The SMILES string of the molecule is Cc1cc(Cl)cc(C2CCOP(=O)(n3cc(CCN(C)C)c4ccccc43)O2)c1. The van der Waals surface area contributed by atoms with Crippen LogP contribution in [0.15, 0.2) is 48.7 Å². The lowest BCUT2D eigenvalue weighted by Gasteiger charge is -2.31. The Morgan fingerprint density at radius 1 is 1.24 bits per heavy atom. The first-order valence-electron chi connectivity index (χ1n) is 9.80. The van der Waals surface area contributed by atoms with Crippen LogP contribution in [-0.4, -0.2) is 36.5 Å². The summed E-state index contributed by atoms with van der Waals surface area (Å²) >= 11 is 6.23. The normalized spacial score (nSPS) is 22.4. The van der Waals surface area contributed by atoms with E-state index >= 15 is 0 Å². The standard InChI is InChI=1S/C22H26ClN2O3P/c1-16-12-18(14-19(23)13-16)22-9-11-27-29(26,28-22)25-15-17(8-10-24(2)3)20-6-4-5-7-21(20)25/h4-7,12-15,22H,8-11H2,1-3H3. The van der Waals surface area contributed by atoms with Crippen molar-refractivity contribution in [1.82, 2.24) is 9.24 Å². The topological polar surface area (TPSA) is 43.7 Å². The molecule has 29 heavy (non-hydrogen) atoms. The summed E-state index contributed by atoms with van der Waals surface area (Å²) in [5.41, 5.74) is 3.99. The lowest BCUT2D eigenvalue weighted by Crippen LogP contribution is -2.17. The Kier molecular flexibility index (Phi) is 5.87. The van der Waals surface area contributed by atoms with E-state index in [0.717, 1.165) is 40.6 Å². The fourth-order valence-corrected chi connectivity index (χ4v) is 5.98. The van der Waals surface area contributed by atoms with Crippen molar-refractivity contribution in [2.75, 3.05) is 27.2 Å². The van der Waals surface area contributed by atoms with Gasteiger partial charge in [-0.3, -0.25) is 13.4 Å². The Hall–Kier alpha value is -1.62. The third-order valence-electron chi connectivity index (χ3n) is 5.20. The van der Waals surface area contributed by atoms with Crippen LogP contribution in [0.4, 0.5) is 0 Å². The molecule has 0 saturated carbocycles. The minimum atomic E-state index is -3.53. The van der Waals surface area contributed by atoms with Crippen LogP contribution in [0.3, 0.4) is 0 Å². The number of para-hydroxylation sites is 1. The average Bonchev–Trinajstić information content (AvgIpc) is 3.05. The first-order chi connectivity index (χ1) is 13.9. The minimum Gasteiger partial charge on any atom is -0.309 e. The zero-order chi connectivity index (χ0) is 20.6. The summed E-state index contributed by atoms with van der Waals surface area (Å²) in [7, 11) is 0.566. The van der Waals surface area contributed by atoms with Gasteiger partial charge in [-0.05, 0) is 62.3 Å². The molecular weight excluding hydrogens is 407 g/mol. The van der Waals surface area contributed by atoms with Gasteiger partial charge in [-0.15, -0.1) is 0 Å². The number of nitrogens with zero attached hydrogens (tertiary/aromatic N) is 2. The maximum absolute atomic E-state index is 13.8. The van der Waals surface area contributed by atoms with Crippen molar-refractivity contribution >= 4 is 30.3 Å². The first-order valence-corrected chi connectivity index (χ1v) is 11.7. The molecule has 0 bridgehead atoms. The number of halogens is 1. The van der Waals surface area contributed by atoms with Gasteiger partial charge in [-0.2, -0.15) is 0 Å². The number of aromatic nitrogens is 1. The van der Waals surface area contributed by atoms with Gasteiger partial charge in [-0.25, -0.2) is 4.57 Å². The highest BCUT2D eigenvalue weighted by Gasteiger charge is 2.37. The largest absolute Gasteiger partial charge is 0.439 e. The van der Waals surface area contributed by atoms with Crippen molar-refractivity contribution in [3.05, 3.63) is 70.4 Å². The van der Waals surface area contributed by atoms with Gasteiger partial charge < -0.3 is 4.90 Å². The van der Waals surface area contributed by atoms with E-state index in [4.69, 9.17) is 20.6 Å². The molecule has 0 radical (unpaired) electrons. The maximum Gasteiger partial charge on any atom is 0.439 e. The van der Waals surface area contributed by atoms with Gasteiger partial charge in [0.25, 0.3) is 0 Å². The smallest absolute Gasteiger partial charge is 0.309 e. The molecule has 5 nitrogen and oxygen atoms in total. The molecule has 1 aromatic heterocycles. The molecule has 2 heterocycles. The van der Waals surface area contributed by atoms with Gasteiger partial charge in [0.1, 0.15) is 0 Å². The van der Waals surface area contributed by atoms with Crippen LogP contribution in [0.5, 0.6) is 0 Å².